The van der Waals surface area contributed by atoms with Gasteiger partial charge in [0.15, 0.2) is 0 Å². The molecule has 3 heteroatoms. The van der Waals surface area contributed by atoms with Gasteiger partial charge in [0.1, 0.15) is 5.75 Å². The van der Waals surface area contributed by atoms with Crippen LogP contribution in [0, 0.1) is 0 Å². The second kappa shape index (κ2) is 7.65. The Morgan fingerprint density at radius 2 is 2.15 bits per heavy atom. The van der Waals surface area contributed by atoms with Gasteiger partial charge < -0.3 is 10.5 Å². The maximum Gasteiger partial charge on any atom is 0.124 e. The smallest absolute Gasteiger partial charge is 0.124 e. The lowest BCUT2D eigenvalue weighted by Gasteiger charge is -2.39. The Hall–Kier alpha value is -1.06. The Bertz CT molecular complexity index is 408. The van der Waals surface area contributed by atoms with Gasteiger partial charge in [-0.15, -0.1) is 0 Å². The number of rotatable bonds is 6. The first-order valence-electron chi connectivity index (χ1n) is 7.95. The van der Waals surface area contributed by atoms with Crippen molar-refractivity contribution < 1.29 is 4.74 Å². The molecule has 0 spiro atoms. The molecule has 2 N–H and O–H groups in total. The quantitative estimate of drug-likeness (QED) is 0.866. The largest absolute Gasteiger partial charge is 0.493 e. The van der Waals surface area contributed by atoms with E-state index < -0.39 is 0 Å². The standard InChI is InChI=1S/C17H28N2O/c1-3-12-20-17-10-5-4-9-15(17)16(13-18)19-11-7-6-8-14(19)2/h4-5,9-10,14,16H,3,6-8,11-13,18H2,1-2H3. The lowest BCUT2D eigenvalue weighted by molar-refractivity contribution is 0.106. The van der Waals surface area contributed by atoms with Gasteiger partial charge in [0.2, 0.25) is 0 Å². The van der Waals surface area contributed by atoms with Gasteiger partial charge in [-0.2, -0.15) is 0 Å². The van der Waals surface area contributed by atoms with E-state index >= 15 is 0 Å². The van der Waals surface area contributed by atoms with Crippen molar-refractivity contribution in [1.29, 1.82) is 0 Å². The summed E-state index contributed by atoms with van der Waals surface area (Å²) in [5, 5.41) is 0. The highest BCUT2D eigenvalue weighted by molar-refractivity contribution is 5.36. The number of benzene rings is 1. The topological polar surface area (TPSA) is 38.5 Å². The molecular weight excluding hydrogens is 248 g/mol. The number of hydrogen-bond acceptors (Lipinski definition) is 3. The summed E-state index contributed by atoms with van der Waals surface area (Å²) in [5.74, 6) is 1.00. The molecule has 0 bridgehead atoms. The molecular formula is C17H28N2O. The van der Waals surface area contributed by atoms with Crippen molar-refractivity contribution in [1.82, 2.24) is 4.90 Å². The Morgan fingerprint density at radius 3 is 2.85 bits per heavy atom. The fourth-order valence-electron chi connectivity index (χ4n) is 3.12. The van der Waals surface area contributed by atoms with Crippen LogP contribution in [0.1, 0.15) is 51.1 Å². The van der Waals surface area contributed by atoms with E-state index in [2.05, 4.69) is 36.9 Å². The zero-order valence-electron chi connectivity index (χ0n) is 12.8. The first kappa shape index (κ1) is 15.3. The average Bonchev–Trinajstić information content (AvgIpc) is 2.49. The van der Waals surface area contributed by atoms with Gasteiger partial charge >= 0.3 is 0 Å². The highest BCUT2D eigenvalue weighted by atomic mass is 16.5. The van der Waals surface area contributed by atoms with E-state index in [9.17, 15) is 0 Å². The van der Waals surface area contributed by atoms with E-state index in [0.717, 1.165) is 25.3 Å². The molecule has 0 aliphatic carbocycles. The summed E-state index contributed by atoms with van der Waals surface area (Å²) in [6.45, 7) is 7.01. The second-order valence-electron chi connectivity index (χ2n) is 5.72. The van der Waals surface area contributed by atoms with Crippen LogP contribution in [0.25, 0.3) is 0 Å². The molecule has 20 heavy (non-hydrogen) atoms. The summed E-state index contributed by atoms with van der Waals surface area (Å²) in [4.78, 5) is 2.55. The average molecular weight is 276 g/mol. The minimum absolute atomic E-state index is 0.276. The van der Waals surface area contributed by atoms with Gasteiger partial charge in [-0.05, 0) is 38.8 Å². The summed E-state index contributed by atoms with van der Waals surface area (Å²) >= 11 is 0. The Labute approximate surface area is 123 Å². The number of likely N-dealkylation sites (tertiary alicyclic amines) is 1. The fourth-order valence-corrected chi connectivity index (χ4v) is 3.12. The van der Waals surface area contributed by atoms with E-state index in [1.165, 1.54) is 24.8 Å². The van der Waals surface area contributed by atoms with Crippen LogP contribution in [0.2, 0.25) is 0 Å². The molecule has 112 valence electrons. The number of piperidine rings is 1. The lowest BCUT2D eigenvalue weighted by Crippen LogP contribution is -2.43. The van der Waals surface area contributed by atoms with E-state index in [1.807, 2.05) is 6.07 Å². The van der Waals surface area contributed by atoms with E-state index in [0.29, 0.717) is 12.6 Å². The van der Waals surface area contributed by atoms with Crippen LogP contribution in [0.15, 0.2) is 24.3 Å². The first-order valence-corrected chi connectivity index (χ1v) is 7.95. The third-order valence-corrected chi connectivity index (χ3v) is 4.22. The number of hydrogen-bond donors (Lipinski definition) is 1. The molecule has 1 aromatic carbocycles. The predicted octanol–water partition coefficient (Wildman–Crippen LogP) is 3.35. The van der Waals surface area contributed by atoms with Crippen LogP contribution in [-0.2, 0) is 0 Å². The molecule has 0 radical (unpaired) electrons. The Kier molecular flexibility index (Phi) is 5.86. The summed E-state index contributed by atoms with van der Waals surface area (Å²) < 4.78 is 5.91. The minimum Gasteiger partial charge on any atom is -0.493 e. The molecule has 1 aliphatic rings. The SMILES string of the molecule is CCCOc1ccccc1C(CN)N1CCCCC1C. The van der Waals surface area contributed by atoms with Crippen LogP contribution in [0.3, 0.4) is 0 Å². The lowest BCUT2D eigenvalue weighted by atomic mass is 9.96. The van der Waals surface area contributed by atoms with Gasteiger partial charge in [-0.25, -0.2) is 0 Å². The molecule has 1 heterocycles. The maximum atomic E-state index is 6.10. The minimum atomic E-state index is 0.276. The highest BCUT2D eigenvalue weighted by Crippen LogP contribution is 2.33. The van der Waals surface area contributed by atoms with Gasteiger partial charge in [-0.1, -0.05) is 31.5 Å². The van der Waals surface area contributed by atoms with Crippen LogP contribution < -0.4 is 10.5 Å². The highest BCUT2D eigenvalue weighted by Gasteiger charge is 2.27. The third-order valence-electron chi connectivity index (χ3n) is 4.22. The number of para-hydroxylation sites is 1. The number of nitrogens with two attached hydrogens (primary N) is 1. The van der Waals surface area contributed by atoms with E-state index in [1.54, 1.807) is 0 Å². The third kappa shape index (κ3) is 3.53. The van der Waals surface area contributed by atoms with Gasteiger partial charge in [0, 0.05) is 18.2 Å². The zero-order valence-corrected chi connectivity index (χ0v) is 12.8. The van der Waals surface area contributed by atoms with Crippen LogP contribution in [0.4, 0.5) is 0 Å². The van der Waals surface area contributed by atoms with Crippen molar-refractivity contribution in [3.63, 3.8) is 0 Å². The summed E-state index contributed by atoms with van der Waals surface area (Å²) in [7, 11) is 0. The van der Waals surface area contributed by atoms with Crippen LogP contribution >= 0.6 is 0 Å². The predicted molar refractivity (Wildman–Crippen MR) is 84.0 cm³/mol. The molecule has 2 atom stereocenters. The number of ether oxygens (including phenoxy) is 1. The summed E-state index contributed by atoms with van der Waals surface area (Å²) in [6, 6.07) is 9.26. The molecule has 0 amide bonds. The van der Waals surface area contributed by atoms with Crippen molar-refractivity contribution in [2.45, 2.75) is 51.6 Å². The van der Waals surface area contributed by atoms with Gasteiger partial charge in [0.25, 0.3) is 0 Å². The molecule has 1 aliphatic heterocycles. The van der Waals surface area contributed by atoms with Crippen molar-refractivity contribution >= 4 is 0 Å². The summed E-state index contributed by atoms with van der Waals surface area (Å²) in [6.07, 6.45) is 4.91. The molecule has 2 unspecified atom stereocenters. The van der Waals surface area contributed by atoms with Crippen molar-refractivity contribution in [2.75, 3.05) is 19.7 Å². The molecule has 1 aromatic rings. The normalized spacial score (nSPS) is 21.6. The maximum absolute atomic E-state index is 6.10. The Morgan fingerprint density at radius 1 is 1.35 bits per heavy atom. The Balaban J connectivity index is 2.21. The van der Waals surface area contributed by atoms with E-state index in [-0.39, 0.29) is 6.04 Å². The molecule has 0 aromatic heterocycles. The van der Waals surface area contributed by atoms with Gasteiger partial charge in [-0.3, -0.25) is 4.90 Å². The number of nitrogens with zero attached hydrogens (tertiary/aromatic N) is 1. The van der Waals surface area contributed by atoms with Crippen LogP contribution in [0.5, 0.6) is 5.75 Å². The molecule has 1 saturated heterocycles. The molecule has 0 saturated carbocycles. The van der Waals surface area contributed by atoms with Crippen molar-refractivity contribution in [3.05, 3.63) is 29.8 Å². The van der Waals surface area contributed by atoms with E-state index in [4.69, 9.17) is 10.5 Å². The van der Waals surface area contributed by atoms with Crippen molar-refractivity contribution in [3.8, 4) is 5.75 Å². The van der Waals surface area contributed by atoms with Crippen molar-refractivity contribution in [2.24, 2.45) is 5.73 Å². The van der Waals surface area contributed by atoms with Gasteiger partial charge in [0.05, 0.1) is 12.6 Å². The molecule has 2 rings (SSSR count). The van der Waals surface area contributed by atoms with Crippen LogP contribution in [-0.4, -0.2) is 30.6 Å². The monoisotopic (exact) mass is 276 g/mol. The first-order chi connectivity index (χ1) is 9.77. The summed E-state index contributed by atoms with van der Waals surface area (Å²) in [5.41, 5.74) is 7.35. The zero-order chi connectivity index (χ0) is 14.4. The second-order valence-corrected chi connectivity index (χ2v) is 5.72. The molecule has 3 nitrogen and oxygen atoms in total. The molecule has 1 fully saturated rings. The fraction of sp³-hybridized carbons (Fsp3) is 0.647.